The second-order valence-electron chi connectivity index (χ2n) is 4.95. The minimum absolute atomic E-state index is 0.181. The molecule has 1 saturated heterocycles. The summed E-state index contributed by atoms with van der Waals surface area (Å²) in [6, 6.07) is 0.181. The zero-order chi connectivity index (χ0) is 12.5. The minimum atomic E-state index is -1.26. The van der Waals surface area contributed by atoms with Crippen LogP contribution in [0.2, 0.25) is 0 Å². The molecule has 0 amide bonds. The lowest BCUT2D eigenvalue weighted by molar-refractivity contribution is 0.128. The fourth-order valence-electron chi connectivity index (χ4n) is 2.42. The van der Waals surface area contributed by atoms with Crippen molar-refractivity contribution in [1.82, 2.24) is 15.1 Å². The molecule has 96 valence electrons. The summed E-state index contributed by atoms with van der Waals surface area (Å²) >= 11 is 3.44. The zero-order valence-corrected chi connectivity index (χ0v) is 11.9. The van der Waals surface area contributed by atoms with E-state index >= 15 is 4.39 Å². The number of nitrogens with zero attached hydrogens (tertiary/aromatic N) is 2. The average molecular weight is 304 g/mol. The van der Waals surface area contributed by atoms with Crippen molar-refractivity contribution in [3.63, 3.8) is 0 Å². The van der Waals surface area contributed by atoms with E-state index in [4.69, 9.17) is 0 Å². The molecular weight excluding hydrogens is 285 g/mol. The van der Waals surface area contributed by atoms with E-state index in [0.29, 0.717) is 18.5 Å². The third kappa shape index (κ3) is 2.55. The minimum Gasteiger partial charge on any atom is -0.317 e. The van der Waals surface area contributed by atoms with Crippen LogP contribution >= 0.6 is 15.9 Å². The molecule has 17 heavy (non-hydrogen) atoms. The molecule has 1 aromatic rings. The summed E-state index contributed by atoms with van der Waals surface area (Å²) in [5, 5.41) is 7.52. The molecule has 3 nitrogen and oxygen atoms in total. The van der Waals surface area contributed by atoms with Gasteiger partial charge in [-0.1, -0.05) is 0 Å². The molecule has 1 aromatic heterocycles. The van der Waals surface area contributed by atoms with E-state index in [1.807, 2.05) is 13.8 Å². The van der Waals surface area contributed by atoms with Crippen LogP contribution in [0.4, 0.5) is 4.39 Å². The molecule has 2 heterocycles. The molecule has 1 atom stereocenters. The van der Waals surface area contributed by atoms with Crippen molar-refractivity contribution in [1.29, 1.82) is 0 Å². The number of rotatable bonds is 2. The van der Waals surface area contributed by atoms with Crippen LogP contribution in [0.3, 0.4) is 0 Å². The van der Waals surface area contributed by atoms with Crippen LogP contribution < -0.4 is 5.32 Å². The van der Waals surface area contributed by atoms with E-state index in [2.05, 4.69) is 26.3 Å². The highest BCUT2D eigenvalue weighted by Gasteiger charge is 2.38. The summed E-state index contributed by atoms with van der Waals surface area (Å²) in [7, 11) is 0. The highest BCUT2D eigenvalue weighted by atomic mass is 79.9. The monoisotopic (exact) mass is 303 g/mol. The van der Waals surface area contributed by atoms with E-state index in [9.17, 15) is 0 Å². The first-order chi connectivity index (χ1) is 8.04. The first kappa shape index (κ1) is 13.0. The van der Waals surface area contributed by atoms with Gasteiger partial charge in [-0.05, 0) is 62.1 Å². The van der Waals surface area contributed by atoms with E-state index < -0.39 is 5.67 Å². The molecule has 0 bridgehead atoms. The maximum absolute atomic E-state index is 15.1. The second kappa shape index (κ2) is 5.06. The SMILES string of the molecule is CC(C)n1ncc(Br)c1C1(F)CCCNCC1. The van der Waals surface area contributed by atoms with Crippen LogP contribution in [0, 0.1) is 0 Å². The topological polar surface area (TPSA) is 29.9 Å². The number of nitrogens with one attached hydrogen (secondary N) is 1. The van der Waals surface area contributed by atoms with Crippen molar-refractivity contribution in [3.05, 3.63) is 16.4 Å². The van der Waals surface area contributed by atoms with Crippen molar-refractivity contribution in [3.8, 4) is 0 Å². The van der Waals surface area contributed by atoms with Gasteiger partial charge in [0.2, 0.25) is 0 Å². The summed E-state index contributed by atoms with van der Waals surface area (Å²) in [6.45, 7) is 5.69. The molecule has 0 saturated carbocycles. The van der Waals surface area contributed by atoms with Crippen molar-refractivity contribution >= 4 is 15.9 Å². The fourth-order valence-corrected chi connectivity index (χ4v) is 3.05. The predicted octanol–water partition coefficient (Wildman–Crippen LogP) is 3.16. The molecule has 2 rings (SSSR count). The van der Waals surface area contributed by atoms with Crippen molar-refractivity contribution in [2.24, 2.45) is 0 Å². The number of hydrogen-bond acceptors (Lipinski definition) is 2. The number of halogens is 2. The van der Waals surface area contributed by atoms with Gasteiger partial charge in [-0.2, -0.15) is 5.10 Å². The Labute approximate surface area is 110 Å². The largest absolute Gasteiger partial charge is 0.317 e. The van der Waals surface area contributed by atoms with Crippen molar-refractivity contribution in [2.75, 3.05) is 13.1 Å². The first-order valence-corrected chi connectivity index (χ1v) is 6.97. The highest BCUT2D eigenvalue weighted by molar-refractivity contribution is 9.10. The van der Waals surface area contributed by atoms with Crippen molar-refractivity contribution < 1.29 is 4.39 Å². The van der Waals surface area contributed by atoms with Gasteiger partial charge in [0.05, 0.1) is 16.4 Å². The third-order valence-corrected chi connectivity index (χ3v) is 3.87. The lowest BCUT2D eigenvalue weighted by Crippen LogP contribution is -2.27. The normalized spacial score (nSPS) is 26.2. The number of alkyl halides is 1. The van der Waals surface area contributed by atoms with Crippen LogP contribution in [-0.4, -0.2) is 22.9 Å². The Morgan fingerprint density at radius 3 is 2.94 bits per heavy atom. The molecular formula is C12H19BrFN3. The highest BCUT2D eigenvalue weighted by Crippen LogP contribution is 2.40. The first-order valence-electron chi connectivity index (χ1n) is 6.18. The Morgan fingerprint density at radius 2 is 2.24 bits per heavy atom. The van der Waals surface area contributed by atoms with E-state index in [-0.39, 0.29) is 6.04 Å². The van der Waals surface area contributed by atoms with Crippen LogP contribution in [-0.2, 0) is 5.67 Å². The lowest BCUT2D eigenvalue weighted by Gasteiger charge is -2.26. The standard InChI is InChI=1S/C12H19BrFN3/c1-9(2)17-11(10(13)8-16-17)12(14)4-3-6-15-7-5-12/h8-9,15H,3-7H2,1-2H3. The number of hydrogen-bond donors (Lipinski definition) is 1. The summed E-state index contributed by atoms with van der Waals surface area (Å²) < 4.78 is 17.7. The van der Waals surface area contributed by atoms with Crippen LogP contribution in [0.25, 0.3) is 0 Å². The van der Waals surface area contributed by atoms with Gasteiger partial charge >= 0.3 is 0 Å². The Hall–Kier alpha value is -0.420. The lowest BCUT2D eigenvalue weighted by atomic mass is 9.93. The predicted molar refractivity (Wildman–Crippen MR) is 69.8 cm³/mol. The Kier molecular flexibility index (Phi) is 3.88. The zero-order valence-electron chi connectivity index (χ0n) is 10.3. The molecule has 1 fully saturated rings. The second-order valence-corrected chi connectivity index (χ2v) is 5.80. The van der Waals surface area contributed by atoms with Gasteiger partial charge in [0.25, 0.3) is 0 Å². The summed E-state index contributed by atoms with van der Waals surface area (Å²) in [5.74, 6) is 0. The summed E-state index contributed by atoms with van der Waals surface area (Å²) in [6.07, 6.45) is 3.65. The average Bonchev–Trinajstić information content (AvgIpc) is 2.53. The van der Waals surface area contributed by atoms with Crippen LogP contribution in [0.15, 0.2) is 10.7 Å². The smallest absolute Gasteiger partial charge is 0.154 e. The molecule has 1 unspecified atom stereocenters. The van der Waals surface area contributed by atoms with E-state index in [0.717, 1.165) is 24.0 Å². The Bertz CT molecular complexity index is 381. The summed E-state index contributed by atoms with van der Waals surface area (Å²) in [5.41, 5.74) is -0.556. The molecule has 0 spiro atoms. The van der Waals surface area contributed by atoms with Gasteiger partial charge < -0.3 is 5.32 Å². The van der Waals surface area contributed by atoms with Crippen LogP contribution in [0.1, 0.15) is 44.8 Å². The van der Waals surface area contributed by atoms with Gasteiger partial charge in [0.1, 0.15) is 0 Å². The quantitative estimate of drug-likeness (QED) is 0.909. The molecule has 0 radical (unpaired) electrons. The van der Waals surface area contributed by atoms with Crippen LogP contribution in [0.5, 0.6) is 0 Å². The Morgan fingerprint density at radius 1 is 1.47 bits per heavy atom. The van der Waals surface area contributed by atoms with Gasteiger partial charge in [0.15, 0.2) is 5.67 Å². The van der Waals surface area contributed by atoms with Gasteiger partial charge in [-0.25, -0.2) is 4.39 Å². The van der Waals surface area contributed by atoms with Gasteiger partial charge in [-0.15, -0.1) is 0 Å². The molecule has 1 aliphatic rings. The number of aromatic nitrogens is 2. The third-order valence-electron chi connectivity index (χ3n) is 3.29. The molecule has 1 aliphatic heterocycles. The molecule has 1 N–H and O–H groups in total. The Balaban J connectivity index is 2.39. The van der Waals surface area contributed by atoms with Crippen molar-refractivity contribution in [2.45, 2.75) is 44.8 Å². The van der Waals surface area contributed by atoms with E-state index in [1.165, 1.54) is 0 Å². The van der Waals surface area contributed by atoms with Gasteiger partial charge in [-0.3, -0.25) is 4.68 Å². The molecule has 0 aromatic carbocycles. The fraction of sp³-hybridized carbons (Fsp3) is 0.750. The maximum Gasteiger partial charge on any atom is 0.154 e. The summed E-state index contributed by atoms with van der Waals surface area (Å²) in [4.78, 5) is 0. The molecule has 0 aliphatic carbocycles. The maximum atomic E-state index is 15.1. The van der Waals surface area contributed by atoms with Gasteiger partial charge in [0, 0.05) is 6.04 Å². The molecule has 5 heteroatoms. The van der Waals surface area contributed by atoms with E-state index in [1.54, 1.807) is 10.9 Å².